The zero-order valence-electron chi connectivity index (χ0n) is 10.9. The number of nitrogens with two attached hydrogens (primary N) is 1. The zero-order valence-corrected chi connectivity index (χ0v) is 10.9. The Morgan fingerprint density at radius 1 is 1.39 bits per heavy atom. The van der Waals surface area contributed by atoms with Gasteiger partial charge in [-0.1, -0.05) is 11.3 Å². The molecule has 18 heavy (non-hydrogen) atoms. The van der Waals surface area contributed by atoms with Gasteiger partial charge in [-0.25, -0.2) is 4.52 Å². The number of nitrogens with zero attached hydrogens (tertiary/aromatic N) is 4. The quantitative estimate of drug-likeness (QED) is 0.806. The number of rotatable bonds is 1. The second-order valence-electron chi connectivity index (χ2n) is 5.35. The molecule has 0 amide bonds. The molecule has 2 aromatic rings. The molecule has 0 aromatic carbocycles. The van der Waals surface area contributed by atoms with Crippen LogP contribution in [0.5, 0.6) is 0 Å². The van der Waals surface area contributed by atoms with E-state index in [0.29, 0.717) is 5.92 Å². The van der Waals surface area contributed by atoms with Crippen LogP contribution in [0.25, 0.3) is 5.52 Å². The maximum Gasteiger partial charge on any atom is 0.0929 e. The summed E-state index contributed by atoms with van der Waals surface area (Å²) in [6, 6.07) is 4.48. The molecule has 5 nitrogen and oxygen atoms in total. The maximum absolute atomic E-state index is 6.13. The van der Waals surface area contributed by atoms with Crippen LogP contribution in [-0.4, -0.2) is 45.9 Å². The largest absolute Gasteiger partial charge is 0.327 e. The van der Waals surface area contributed by atoms with Crippen molar-refractivity contribution in [2.45, 2.75) is 25.3 Å². The first-order valence-electron chi connectivity index (χ1n) is 6.40. The van der Waals surface area contributed by atoms with Gasteiger partial charge in [-0.3, -0.25) is 0 Å². The smallest absolute Gasteiger partial charge is 0.0929 e. The molecule has 2 atom stereocenters. The first kappa shape index (κ1) is 11.6. The number of hydrogen-bond acceptors (Lipinski definition) is 4. The third kappa shape index (κ3) is 1.89. The molecule has 0 saturated carbocycles. The summed E-state index contributed by atoms with van der Waals surface area (Å²) < 4.78 is 1.87. The molecule has 0 spiro atoms. The SMILES string of the molecule is Cc1nnn2cccc(C3CC(N)CN(C)C3)c12. The summed E-state index contributed by atoms with van der Waals surface area (Å²) in [5.41, 5.74) is 9.59. The Kier molecular flexibility index (Phi) is 2.80. The van der Waals surface area contributed by atoms with E-state index in [1.807, 2.05) is 23.7 Å². The van der Waals surface area contributed by atoms with E-state index in [1.165, 1.54) is 5.56 Å². The number of piperidine rings is 1. The van der Waals surface area contributed by atoms with Crippen molar-refractivity contribution in [2.24, 2.45) is 5.73 Å². The Morgan fingerprint density at radius 3 is 3.00 bits per heavy atom. The summed E-state index contributed by atoms with van der Waals surface area (Å²) >= 11 is 0. The van der Waals surface area contributed by atoms with E-state index in [2.05, 4.69) is 28.3 Å². The fraction of sp³-hybridized carbons (Fsp3) is 0.538. The van der Waals surface area contributed by atoms with Crippen molar-refractivity contribution in [3.63, 3.8) is 0 Å². The average Bonchev–Trinajstić information content (AvgIpc) is 2.70. The summed E-state index contributed by atoms with van der Waals surface area (Å²) in [6.07, 6.45) is 2.99. The van der Waals surface area contributed by atoms with E-state index in [1.54, 1.807) is 0 Å². The molecule has 2 unspecified atom stereocenters. The molecule has 0 bridgehead atoms. The third-order valence-corrected chi connectivity index (χ3v) is 3.74. The monoisotopic (exact) mass is 245 g/mol. The highest BCUT2D eigenvalue weighted by molar-refractivity contribution is 5.59. The molecule has 0 radical (unpaired) electrons. The molecule has 2 N–H and O–H groups in total. The van der Waals surface area contributed by atoms with Crippen LogP contribution in [0.4, 0.5) is 0 Å². The Labute approximate surface area is 107 Å². The average molecular weight is 245 g/mol. The number of aryl methyl sites for hydroxylation is 1. The van der Waals surface area contributed by atoms with E-state index in [4.69, 9.17) is 5.73 Å². The highest BCUT2D eigenvalue weighted by Crippen LogP contribution is 2.29. The van der Waals surface area contributed by atoms with Gasteiger partial charge in [0.05, 0.1) is 11.2 Å². The second-order valence-corrected chi connectivity index (χ2v) is 5.35. The molecule has 5 heteroatoms. The van der Waals surface area contributed by atoms with Gasteiger partial charge in [0, 0.05) is 31.2 Å². The lowest BCUT2D eigenvalue weighted by molar-refractivity contribution is 0.227. The van der Waals surface area contributed by atoms with Crippen LogP contribution in [0.15, 0.2) is 18.3 Å². The molecule has 2 aromatic heterocycles. The van der Waals surface area contributed by atoms with E-state index in [9.17, 15) is 0 Å². The third-order valence-electron chi connectivity index (χ3n) is 3.74. The Bertz CT molecular complexity index is 552. The number of hydrogen-bond donors (Lipinski definition) is 1. The number of aromatic nitrogens is 3. The van der Waals surface area contributed by atoms with Gasteiger partial charge in [0.1, 0.15) is 0 Å². The van der Waals surface area contributed by atoms with Gasteiger partial charge >= 0.3 is 0 Å². The zero-order chi connectivity index (χ0) is 12.7. The highest BCUT2D eigenvalue weighted by Gasteiger charge is 2.26. The molecule has 3 rings (SSSR count). The molecular weight excluding hydrogens is 226 g/mol. The summed E-state index contributed by atoms with van der Waals surface area (Å²) in [5.74, 6) is 0.472. The Hall–Kier alpha value is -1.46. The molecule has 1 fully saturated rings. The maximum atomic E-state index is 6.13. The van der Waals surface area contributed by atoms with Crippen LogP contribution in [0.2, 0.25) is 0 Å². The highest BCUT2D eigenvalue weighted by atomic mass is 15.4. The summed E-state index contributed by atoms with van der Waals surface area (Å²) in [4.78, 5) is 2.31. The van der Waals surface area contributed by atoms with Crippen molar-refractivity contribution in [3.8, 4) is 0 Å². The number of pyridine rings is 1. The predicted octanol–water partition coefficient (Wildman–Crippen LogP) is 0.784. The fourth-order valence-electron chi connectivity index (χ4n) is 3.05. The lowest BCUT2D eigenvalue weighted by Gasteiger charge is -2.34. The Morgan fingerprint density at radius 2 is 2.22 bits per heavy atom. The van der Waals surface area contributed by atoms with E-state index >= 15 is 0 Å². The lowest BCUT2D eigenvalue weighted by atomic mass is 9.88. The minimum Gasteiger partial charge on any atom is -0.327 e. The summed E-state index contributed by atoms with van der Waals surface area (Å²) in [7, 11) is 2.13. The normalized spacial score (nSPS) is 25.7. The number of likely N-dealkylation sites (N-methyl/N-ethyl adjacent to an activating group) is 1. The van der Waals surface area contributed by atoms with Gasteiger partial charge in [0.25, 0.3) is 0 Å². The van der Waals surface area contributed by atoms with Crippen LogP contribution in [0.1, 0.15) is 23.6 Å². The topological polar surface area (TPSA) is 59.5 Å². The van der Waals surface area contributed by atoms with Crippen LogP contribution in [0.3, 0.4) is 0 Å². The van der Waals surface area contributed by atoms with Crippen LogP contribution in [-0.2, 0) is 0 Å². The standard InChI is InChI=1S/C13H19N5/c1-9-13-12(4-3-5-18(13)16-15-9)10-6-11(14)8-17(2)7-10/h3-5,10-11H,6-8,14H2,1-2H3. The van der Waals surface area contributed by atoms with E-state index < -0.39 is 0 Å². The van der Waals surface area contributed by atoms with Crippen molar-refractivity contribution >= 4 is 5.52 Å². The van der Waals surface area contributed by atoms with Crippen LogP contribution < -0.4 is 5.73 Å². The summed E-state index contributed by atoms with van der Waals surface area (Å²) in [6.45, 7) is 4.05. The molecule has 96 valence electrons. The van der Waals surface area contributed by atoms with E-state index in [0.717, 1.165) is 30.7 Å². The molecule has 1 saturated heterocycles. The van der Waals surface area contributed by atoms with Crippen molar-refractivity contribution in [3.05, 3.63) is 29.6 Å². The number of likely N-dealkylation sites (tertiary alicyclic amines) is 1. The van der Waals surface area contributed by atoms with Crippen molar-refractivity contribution < 1.29 is 0 Å². The van der Waals surface area contributed by atoms with Crippen molar-refractivity contribution in [1.82, 2.24) is 19.7 Å². The first-order chi connectivity index (χ1) is 8.65. The lowest BCUT2D eigenvalue weighted by Crippen LogP contribution is -2.44. The Balaban J connectivity index is 2.05. The molecule has 1 aliphatic rings. The van der Waals surface area contributed by atoms with Gasteiger partial charge in [0.15, 0.2) is 0 Å². The fourth-order valence-corrected chi connectivity index (χ4v) is 3.05. The van der Waals surface area contributed by atoms with Gasteiger partial charge in [-0.15, -0.1) is 5.10 Å². The molecule has 0 aliphatic carbocycles. The van der Waals surface area contributed by atoms with Crippen molar-refractivity contribution in [1.29, 1.82) is 0 Å². The number of fused-ring (bicyclic) bond motifs is 1. The molecular formula is C13H19N5. The first-order valence-corrected chi connectivity index (χ1v) is 6.40. The minimum absolute atomic E-state index is 0.255. The minimum atomic E-state index is 0.255. The van der Waals surface area contributed by atoms with Gasteiger partial charge in [0.2, 0.25) is 0 Å². The van der Waals surface area contributed by atoms with Gasteiger partial charge in [-0.05, 0) is 32.0 Å². The summed E-state index contributed by atoms with van der Waals surface area (Å²) in [5, 5.41) is 8.29. The predicted molar refractivity (Wildman–Crippen MR) is 70.6 cm³/mol. The molecule has 3 heterocycles. The van der Waals surface area contributed by atoms with Gasteiger partial charge < -0.3 is 10.6 Å². The van der Waals surface area contributed by atoms with Crippen LogP contribution >= 0.6 is 0 Å². The van der Waals surface area contributed by atoms with E-state index in [-0.39, 0.29) is 6.04 Å². The van der Waals surface area contributed by atoms with Crippen molar-refractivity contribution in [2.75, 3.05) is 20.1 Å². The van der Waals surface area contributed by atoms with Crippen LogP contribution in [0, 0.1) is 6.92 Å². The molecule has 1 aliphatic heterocycles. The van der Waals surface area contributed by atoms with Gasteiger partial charge in [-0.2, -0.15) is 0 Å². The second kappa shape index (κ2) is 4.33.